The van der Waals surface area contributed by atoms with Gasteiger partial charge in [0.15, 0.2) is 9.84 Å². The summed E-state index contributed by atoms with van der Waals surface area (Å²) in [5.74, 6) is -0.182. The predicted octanol–water partition coefficient (Wildman–Crippen LogP) is 5.67. The zero-order chi connectivity index (χ0) is 24.8. The molecule has 0 spiro atoms. The second-order valence-electron chi connectivity index (χ2n) is 8.46. The van der Waals surface area contributed by atoms with Crippen LogP contribution in [0, 0.1) is 0 Å². The van der Waals surface area contributed by atoms with Crippen LogP contribution in [0.5, 0.6) is 0 Å². The van der Waals surface area contributed by atoms with Gasteiger partial charge in [0.05, 0.1) is 10.5 Å². The van der Waals surface area contributed by atoms with Crippen LogP contribution in [-0.2, 0) is 28.8 Å². The number of fused-ring (bicyclic) bond motifs is 1. The topological polar surface area (TPSA) is 64.0 Å². The summed E-state index contributed by atoms with van der Waals surface area (Å²) in [7, 11) is -1.80. The summed E-state index contributed by atoms with van der Waals surface area (Å²) in [6.45, 7) is 1.29. The molecular formula is C25H22F3N3O2S2. The van der Waals surface area contributed by atoms with Gasteiger partial charge in [-0.3, -0.25) is 0 Å². The van der Waals surface area contributed by atoms with Crippen LogP contribution in [0.2, 0.25) is 0 Å². The van der Waals surface area contributed by atoms with Crippen LogP contribution >= 0.6 is 11.3 Å². The molecule has 5 rings (SSSR count). The van der Waals surface area contributed by atoms with Crippen molar-refractivity contribution in [1.29, 1.82) is 0 Å². The van der Waals surface area contributed by atoms with E-state index in [1.54, 1.807) is 36.8 Å². The van der Waals surface area contributed by atoms with Crippen molar-refractivity contribution in [2.45, 2.75) is 23.2 Å². The molecule has 35 heavy (non-hydrogen) atoms. The molecule has 0 aliphatic carbocycles. The fourth-order valence-corrected chi connectivity index (χ4v) is 6.70. The van der Waals surface area contributed by atoms with Gasteiger partial charge in [-0.15, -0.1) is 11.3 Å². The summed E-state index contributed by atoms with van der Waals surface area (Å²) < 4.78 is 68.3. The first-order chi connectivity index (χ1) is 16.6. The van der Waals surface area contributed by atoms with Gasteiger partial charge < -0.3 is 9.88 Å². The number of sulfone groups is 1. The Balaban J connectivity index is 1.63. The molecule has 0 fully saturated rings. The molecule has 0 radical (unpaired) electrons. The second kappa shape index (κ2) is 8.92. The number of nitrogens with zero attached hydrogens (tertiary/aromatic N) is 2. The van der Waals surface area contributed by atoms with E-state index >= 15 is 0 Å². The smallest absolute Gasteiger partial charge is 0.350 e. The first-order valence-electron chi connectivity index (χ1n) is 11.0. The van der Waals surface area contributed by atoms with E-state index in [0.717, 1.165) is 22.6 Å². The fourth-order valence-electron chi connectivity index (χ4n) is 4.43. The molecular weight excluding hydrogens is 495 g/mol. The third-order valence-electron chi connectivity index (χ3n) is 6.17. The molecule has 10 heteroatoms. The van der Waals surface area contributed by atoms with Crippen molar-refractivity contribution in [1.82, 2.24) is 14.9 Å². The Hall–Kier alpha value is -2.95. The van der Waals surface area contributed by atoms with E-state index in [-0.39, 0.29) is 10.6 Å². The lowest BCUT2D eigenvalue weighted by molar-refractivity contribution is -0.137. The molecule has 5 nitrogen and oxygen atoms in total. The molecule has 1 N–H and O–H groups in total. The Kier molecular flexibility index (Phi) is 6.06. The number of halogens is 3. The molecule has 1 aliphatic rings. The average Bonchev–Trinajstić information content (AvgIpc) is 3.45. The van der Waals surface area contributed by atoms with E-state index in [9.17, 15) is 21.6 Å². The van der Waals surface area contributed by atoms with Gasteiger partial charge in [-0.25, -0.2) is 13.4 Å². The summed E-state index contributed by atoms with van der Waals surface area (Å²) in [5, 5.41) is 6.22. The predicted molar refractivity (Wildman–Crippen MR) is 132 cm³/mol. The molecule has 0 amide bonds. The maximum absolute atomic E-state index is 13.5. The van der Waals surface area contributed by atoms with Crippen LogP contribution in [0.1, 0.15) is 22.6 Å². The first kappa shape index (κ1) is 23.8. The van der Waals surface area contributed by atoms with E-state index in [1.807, 2.05) is 16.8 Å². The van der Waals surface area contributed by atoms with Crippen molar-refractivity contribution in [2.75, 3.05) is 13.1 Å². The zero-order valence-corrected chi connectivity index (χ0v) is 20.4. The van der Waals surface area contributed by atoms with Gasteiger partial charge in [0, 0.05) is 47.8 Å². The first-order valence-corrected chi connectivity index (χ1v) is 13.5. The number of benzene rings is 2. The van der Waals surface area contributed by atoms with Gasteiger partial charge in [0.2, 0.25) is 0 Å². The van der Waals surface area contributed by atoms with Crippen LogP contribution in [0.15, 0.2) is 65.1 Å². The molecule has 2 aromatic carbocycles. The van der Waals surface area contributed by atoms with Gasteiger partial charge in [0.1, 0.15) is 10.8 Å². The van der Waals surface area contributed by atoms with Crippen LogP contribution in [-0.4, -0.2) is 31.1 Å². The lowest BCUT2D eigenvalue weighted by Gasteiger charge is -2.19. The Morgan fingerprint density at radius 2 is 1.94 bits per heavy atom. The largest absolute Gasteiger partial charge is 0.416 e. The second-order valence-corrected chi connectivity index (χ2v) is 11.4. The van der Waals surface area contributed by atoms with Crippen LogP contribution in [0.3, 0.4) is 0 Å². The van der Waals surface area contributed by atoms with Crippen LogP contribution < -0.4 is 5.32 Å². The number of hydrogen-bond donors (Lipinski definition) is 1. The number of nitrogens with one attached hydrogen (secondary N) is 1. The summed E-state index contributed by atoms with van der Waals surface area (Å²) in [4.78, 5) is 4.26. The summed E-state index contributed by atoms with van der Waals surface area (Å²) in [5.41, 5.74) is 2.86. The van der Waals surface area contributed by atoms with Gasteiger partial charge in [-0.2, -0.15) is 13.2 Å². The van der Waals surface area contributed by atoms with E-state index in [0.29, 0.717) is 41.2 Å². The minimum absolute atomic E-state index is 0.182. The van der Waals surface area contributed by atoms with Gasteiger partial charge in [-0.1, -0.05) is 18.2 Å². The Morgan fingerprint density at radius 3 is 2.63 bits per heavy atom. The average molecular weight is 518 g/mol. The molecule has 1 aliphatic heterocycles. The van der Waals surface area contributed by atoms with Crippen molar-refractivity contribution < 1.29 is 21.6 Å². The van der Waals surface area contributed by atoms with Crippen molar-refractivity contribution in [3.63, 3.8) is 0 Å². The van der Waals surface area contributed by atoms with E-state index < -0.39 is 21.6 Å². The lowest BCUT2D eigenvalue weighted by Crippen LogP contribution is -2.20. The normalized spacial score (nSPS) is 14.9. The molecule has 0 bridgehead atoms. The number of thiazole rings is 1. The van der Waals surface area contributed by atoms with Gasteiger partial charge >= 0.3 is 6.18 Å². The third kappa shape index (κ3) is 4.65. The molecule has 182 valence electrons. The van der Waals surface area contributed by atoms with Gasteiger partial charge in [0.25, 0.3) is 0 Å². The Labute approximate surface area is 204 Å². The minimum atomic E-state index is -4.44. The monoisotopic (exact) mass is 517 g/mol. The van der Waals surface area contributed by atoms with Crippen LogP contribution in [0.4, 0.5) is 13.2 Å². The van der Waals surface area contributed by atoms with E-state index in [4.69, 9.17) is 0 Å². The Bertz CT molecular complexity index is 1540. The third-order valence-corrected chi connectivity index (χ3v) is 8.75. The number of aryl methyl sites for hydroxylation is 1. The fraction of sp³-hybridized carbons (Fsp3) is 0.240. The number of hydrogen-bond acceptors (Lipinski definition) is 5. The molecule has 0 saturated carbocycles. The number of aromatic nitrogens is 2. The SMILES string of the molecule is Cn1cc(-c2ccc(C(F)(F)F)cc2C2=CCNCC2)c2ccc(S(=O)(=O)Cc3nccs3)cc21. The van der Waals surface area contributed by atoms with Crippen molar-refractivity contribution in [3.05, 3.63) is 76.4 Å². The van der Waals surface area contributed by atoms with Gasteiger partial charge in [-0.05, 0) is 53.9 Å². The standard InChI is InChI=1S/C25H22F3N3O2S2/c1-31-14-22(19-4-2-17(25(26,27)28)12-21(19)16-6-8-29-9-7-16)20-5-3-18(13-23(20)31)35(32,33)15-24-30-10-11-34-24/h2-6,10-14,29H,7-9,15H2,1H3. The highest BCUT2D eigenvalue weighted by atomic mass is 32.2. The molecule has 0 saturated heterocycles. The van der Waals surface area contributed by atoms with Crippen molar-refractivity contribution in [2.24, 2.45) is 7.05 Å². The van der Waals surface area contributed by atoms with E-state index in [1.165, 1.54) is 23.5 Å². The summed E-state index contributed by atoms with van der Waals surface area (Å²) >= 11 is 1.29. The summed E-state index contributed by atoms with van der Waals surface area (Å²) in [6.07, 6.45) is 1.52. The van der Waals surface area contributed by atoms with Crippen molar-refractivity contribution >= 4 is 37.7 Å². The molecule has 0 unspecified atom stereocenters. The highest BCUT2D eigenvalue weighted by Crippen LogP contribution is 2.40. The highest BCUT2D eigenvalue weighted by Gasteiger charge is 2.32. The molecule has 2 aromatic heterocycles. The number of alkyl halides is 3. The highest BCUT2D eigenvalue weighted by molar-refractivity contribution is 7.90. The van der Waals surface area contributed by atoms with E-state index in [2.05, 4.69) is 10.3 Å². The number of rotatable bonds is 5. The zero-order valence-electron chi connectivity index (χ0n) is 18.8. The minimum Gasteiger partial charge on any atom is -0.350 e. The molecule has 0 atom stereocenters. The quantitative estimate of drug-likeness (QED) is 0.371. The summed E-state index contributed by atoms with van der Waals surface area (Å²) in [6, 6.07) is 8.75. The molecule has 3 heterocycles. The van der Waals surface area contributed by atoms with Crippen molar-refractivity contribution in [3.8, 4) is 11.1 Å². The molecule has 4 aromatic rings. The lowest BCUT2D eigenvalue weighted by atomic mass is 9.90. The maximum Gasteiger partial charge on any atom is 0.416 e. The van der Waals surface area contributed by atoms with Crippen LogP contribution in [0.25, 0.3) is 27.6 Å². The Morgan fingerprint density at radius 1 is 1.11 bits per heavy atom. The maximum atomic E-state index is 13.5.